The summed E-state index contributed by atoms with van der Waals surface area (Å²) in [5.41, 5.74) is 4.84. The lowest BCUT2D eigenvalue weighted by Crippen LogP contribution is -2.35. The van der Waals surface area contributed by atoms with E-state index >= 15 is 0 Å². The summed E-state index contributed by atoms with van der Waals surface area (Å²) in [5.74, 6) is 0.981. The first kappa shape index (κ1) is 17.8. The molecular weight excluding hydrogens is 401 g/mol. The van der Waals surface area contributed by atoms with Crippen molar-refractivity contribution in [2.45, 2.75) is 26.9 Å². The Morgan fingerprint density at radius 3 is 2.57 bits per heavy atom. The third kappa shape index (κ3) is 4.04. The number of nitrogens with zero attached hydrogens (tertiary/aromatic N) is 4. The van der Waals surface area contributed by atoms with Crippen molar-refractivity contribution in [3.05, 3.63) is 52.8 Å². The van der Waals surface area contributed by atoms with Crippen LogP contribution in [0.4, 0.5) is 0 Å². The quantitative estimate of drug-likeness (QED) is 0.767. The molecule has 124 valence electrons. The van der Waals surface area contributed by atoms with Crippen LogP contribution in [0.3, 0.4) is 0 Å². The maximum absolute atomic E-state index is 4.69. The molecule has 23 heavy (non-hydrogen) atoms. The number of benzene rings is 1. The number of hydrogen-bond acceptors (Lipinski definition) is 4. The molecule has 0 amide bonds. The molecule has 0 fully saturated rings. The third-order valence-corrected chi connectivity index (χ3v) is 4.19. The molecule has 0 unspecified atom stereocenters. The lowest BCUT2D eigenvalue weighted by molar-refractivity contribution is 0.533. The Morgan fingerprint density at radius 1 is 1.17 bits per heavy atom. The van der Waals surface area contributed by atoms with Crippen molar-refractivity contribution in [1.82, 2.24) is 20.0 Å². The minimum atomic E-state index is 0. The Bertz CT molecular complexity index is 678. The Hall–Kier alpha value is -1.57. The molecule has 1 aliphatic heterocycles. The predicted molar refractivity (Wildman–Crippen MR) is 104 cm³/mol. The van der Waals surface area contributed by atoms with Gasteiger partial charge in [0.05, 0.1) is 18.8 Å². The maximum Gasteiger partial charge on any atom is 0.194 e. The van der Waals surface area contributed by atoms with Gasteiger partial charge in [-0.15, -0.1) is 24.0 Å². The van der Waals surface area contributed by atoms with E-state index in [1.54, 1.807) is 0 Å². The van der Waals surface area contributed by atoms with Crippen LogP contribution in [-0.2, 0) is 13.1 Å². The number of hydrogen-bond donors (Lipinski definition) is 1. The van der Waals surface area contributed by atoms with Crippen LogP contribution in [0.1, 0.15) is 22.5 Å². The van der Waals surface area contributed by atoms with Gasteiger partial charge in [0.25, 0.3) is 0 Å². The highest BCUT2D eigenvalue weighted by Gasteiger charge is 2.15. The lowest BCUT2D eigenvalue weighted by atomic mass is 10.2. The smallest absolute Gasteiger partial charge is 0.194 e. The van der Waals surface area contributed by atoms with Gasteiger partial charge in [0.1, 0.15) is 0 Å². The Kier molecular flexibility index (Phi) is 6.04. The van der Waals surface area contributed by atoms with Crippen LogP contribution < -0.4 is 5.32 Å². The molecule has 0 aliphatic carbocycles. The van der Waals surface area contributed by atoms with Gasteiger partial charge in [-0.1, -0.05) is 30.3 Å². The van der Waals surface area contributed by atoms with Crippen LogP contribution in [0.5, 0.6) is 0 Å². The molecule has 0 atom stereocenters. The van der Waals surface area contributed by atoms with Gasteiger partial charge in [-0.25, -0.2) is 0 Å². The average Bonchev–Trinajstić information content (AvgIpc) is 3.03. The zero-order chi connectivity index (χ0) is 15.5. The summed E-state index contributed by atoms with van der Waals surface area (Å²) in [4.78, 5) is 6.62. The average molecular weight is 425 g/mol. The molecule has 1 N–H and O–H groups in total. The van der Waals surface area contributed by atoms with Gasteiger partial charge in [0.2, 0.25) is 0 Å². The van der Waals surface area contributed by atoms with Crippen LogP contribution in [0.2, 0.25) is 0 Å². The van der Waals surface area contributed by atoms with E-state index in [1.165, 1.54) is 16.8 Å². The second-order valence-electron chi connectivity index (χ2n) is 5.77. The van der Waals surface area contributed by atoms with Gasteiger partial charge < -0.3 is 10.2 Å². The summed E-state index contributed by atoms with van der Waals surface area (Å²) in [7, 11) is 2.07. The van der Waals surface area contributed by atoms with Crippen molar-refractivity contribution in [3.63, 3.8) is 0 Å². The van der Waals surface area contributed by atoms with Crippen molar-refractivity contribution >= 4 is 29.9 Å². The van der Waals surface area contributed by atoms with E-state index in [2.05, 4.69) is 65.1 Å². The van der Waals surface area contributed by atoms with Crippen LogP contribution in [0.15, 0.2) is 35.3 Å². The summed E-state index contributed by atoms with van der Waals surface area (Å²) in [6, 6.07) is 10.4. The molecule has 0 radical (unpaired) electrons. The zero-order valence-corrected chi connectivity index (χ0v) is 16.2. The van der Waals surface area contributed by atoms with Gasteiger partial charge in [-0.3, -0.25) is 9.67 Å². The fraction of sp³-hybridized carbons (Fsp3) is 0.412. The predicted octanol–water partition coefficient (Wildman–Crippen LogP) is 2.56. The molecule has 0 bridgehead atoms. The number of likely N-dealkylation sites (N-methyl/N-ethyl adjacent to an activating group) is 1. The number of aliphatic imine (C=N–C) groups is 1. The highest BCUT2D eigenvalue weighted by Crippen LogP contribution is 2.15. The number of halogens is 1. The third-order valence-electron chi connectivity index (χ3n) is 4.19. The molecule has 1 aliphatic rings. The second kappa shape index (κ2) is 7.81. The fourth-order valence-electron chi connectivity index (χ4n) is 2.79. The van der Waals surface area contributed by atoms with E-state index < -0.39 is 0 Å². The first-order chi connectivity index (χ1) is 10.6. The molecular formula is C17H24IN5. The van der Waals surface area contributed by atoms with Crippen LogP contribution in [0.25, 0.3) is 0 Å². The lowest BCUT2D eigenvalue weighted by Gasteiger charge is -2.15. The molecule has 0 saturated heterocycles. The molecule has 1 aromatic heterocycles. The second-order valence-corrected chi connectivity index (χ2v) is 5.77. The summed E-state index contributed by atoms with van der Waals surface area (Å²) >= 11 is 0. The molecule has 2 heterocycles. The monoisotopic (exact) mass is 425 g/mol. The maximum atomic E-state index is 4.69. The Morgan fingerprint density at radius 2 is 1.91 bits per heavy atom. The molecule has 0 spiro atoms. The molecule has 0 saturated carbocycles. The van der Waals surface area contributed by atoms with Crippen molar-refractivity contribution < 1.29 is 0 Å². The summed E-state index contributed by atoms with van der Waals surface area (Å²) in [6.45, 7) is 7.67. The van der Waals surface area contributed by atoms with Crippen LogP contribution in [-0.4, -0.2) is 40.8 Å². The van der Waals surface area contributed by atoms with Gasteiger partial charge in [0, 0.05) is 31.4 Å². The molecule has 5 nitrogen and oxygen atoms in total. The molecule has 6 heteroatoms. The van der Waals surface area contributed by atoms with E-state index in [9.17, 15) is 0 Å². The SMILES string of the molecule is Cc1nn(Cc2ccccc2)c(C)c1CNC1=NCCN1C.I. The van der Waals surface area contributed by atoms with E-state index in [4.69, 9.17) is 5.10 Å². The fourth-order valence-corrected chi connectivity index (χ4v) is 2.79. The summed E-state index contributed by atoms with van der Waals surface area (Å²) in [6.07, 6.45) is 0. The largest absolute Gasteiger partial charge is 0.352 e. The van der Waals surface area contributed by atoms with E-state index in [-0.39, 0.29) is 24.0 Å². The number of guanidine groups is 1. The number of aromatic nitrogens is 2. The normalized spacial score (nSPS) is 13.7. The Labute approximate surface area is 154 Å². The minimum Gasteiger partial charge on any atom is -0.352 e. The number of rotatable bonds is 4. The Balaban J connectivity index is 0.00000192. The summed E-state index contributed by atoms with van der Waals surface area (Å²) < 4.78 is 2.09. The highest BCUT2D eigenvalue weighted by molar-refractivity contribution is 14.0. The van der Waals surface area contributed by atoms with Crippen molar-refractivity contribution in [2.24, 2.45) is 4.99 Å². The summed E-state index contributed by atoms with van der Waals surface area (Å²) in [5, 5.41) is 8.12. The van der Waals surface area contributed by atoms with Crippen molar-refractivity contribution in [2.75, 3.05) is 20.1 Å². The minimum absolute atomic E-state index is 0. The van der Waals surface area contributed by atoms with Gasteiger partial charge in [-0.2, -0.15) is 5.10 Å². The topological polar surface area (TPSA) is 45.5 Å². The zero-order valence-electron chi connectivity index (χ0n) is 13.9. The first-order valence-electron chi connectivity index (χ1n) is 7.71. The van der Waals surface area contributed by atoms with E-state index in [0.717, 1.165) is 37.8 Å². The van der Waals surface area contributed by atoms with Gasteiger partial charge in [0.15, 0.2) is 5.96 Å². The van der Waals surface area contributed by atoms with Crippen LogP contribution >= 0.6 is 24.0 Å². The van der Waals surface area contributed by atoms with Crippen LogP contribution in [0, 0.1) is 13.8 Å². The molecule has 1 aromatic carbocycles. The standard InChI is InChI=1S/C17H23N5.HI/c1-13-16(11-19-17-18-9-10-21(17)3)14(2)22(20-13)12-15-7-5-4-6-8-15;/h4-8H,9-12H2,1-3H3,(H,18,19);1H. The number of nitrogens with one attached hydrogen (secondary N) is 1. The van der Waals surface area contributed by atoms with Gasteiger partial charge in [-0.05, 0) is 19.4 Å². The number of aryl methyl sites for hydroxylation is 1. The van der Waals surface area contributed by atoms with Crippen molar-refractivity contribution in [3.8, 4) is 0 Å². The van der Waals surface area contributed by atoms with Crippen molar-refractivity contribution in [1.29, 1.82) is 0 Å². The highest BCUT2D eigenvalue weighted by atomic mass is 127. The first-order valence-corrected chi connectivity index (χ1v) is 7.71. The van der Waals surface area contributed by atoms with E-state index in [0.29, 0.717) is 0 Å². The van der Waals surface area contributed by atoms with E-state index in [1.807, 2.05) is 6.07 Å². The molecule has 3 rings (SSSR count). The van der Waals surface area contributed by atoms with Gasteiger partial charge >= 0.3 is 0 Å². The molecule has 2 aromatic rings.